The van der Waals surface area contributed by atoms with Gasteiger partial charge in [0.1, 0.15) is 17.7 Å². The van der Waals surface area contributed by atoms with Crippen molar-refractivity contribution >= 4 is 23.3 Å². The van der Waals surface area contributed by atoms with Gasteiger partial charge in [-0.15, -0.1) is 0 Å². The van der Waals surface area contributed by atoms with Crippen LogP contribution in [0.4, 0.5) is 11.4 Å². The van der Waals surface area contributed by atoms with Crippen LogP contribution in [0.15, 0.2) is 48.5 Å². The first-order valence-corrected chi connectivity index (χ1v) is 12.3. The fourth-order valence-electron chi connectivity index (χ4n) is 4.92. The summed E-state index contributed by atoms with van der Waals surface area (Å²) < 4.78 is 12.0. The van der Waals surface area contributed by atoms with Gasteiger partial charge < -0.3 is 24.4 Å². The lowest BCUT2D eigenvalue weighted by atomic mass is 10.0. The maximum atomic E-state index is 13.8. The highest BCUT2D eigenvalue weighted by atomic mass is 16.5. The predicted molar refractivity (Wildman–Crippen MR) is 135 cm³/mol. The zero-order valence-electron chi connectivity index (χ0n) is 20.5. The fourth-order valence-corrected chi connectivity index (χ4v) is 4.92. The average molecular weight is 491 g/mol. The number of amides is 1. The van der Waals surface area contributed by atoms with Crippen LogP contribution in [0.1, 0.15) is 52.7 Å². The lowest BCUT2D eigenvalue weighted by molar-refractivity contribution is 0.0517. The maximum Gasteiger partial charge on any atom is 0.359 e. The second kappa shape index (κ2) is 10.0. The van der Waals surface area contributed by atoms with Gasteiger partial charge in [-0.2, -0.15) is 5.10 Å². The number of hydrogen-bond acceptors (Lipinski definition) is 7. The lowest BCUT2D eigenvalue weighted by Gasteiger charge is -2.34. The van der Waals surface area contributed by atoms with Crippen LogP contribution in [0.2, 0.25) is 0 Å². The highest BCUT2D eigenvalue weighted by Crippen LogP contribution is 2.31. The topological polar surface area (TPSA) is 97.1 Å². The van der Waals surface area contributed by atoms with Crippen LogP contribution in [0.3, 0.4) is 0 Å². The maximum absolute atomic E-state index is 13.8. The lowest BCUT2D eigenvalue weighted by Crippen LogP contribution is -2.40. The Morgan fingerprint density at radius 3 is 2.39 bits per heavy atom. The molecule has 2 aliphatic heterocycles. The molecule has 0 aliphatic carbocycles. The number of aliphatic hydroxyl groups excluding tert-OH is 1. The number of fused-ring (bicyclic) bond motifs is 1. The first-order chi connectivity index (χ1) is 17.5. The summed E-state index contributed by atoms with van der Waals surface area (Å²) in [6.45, 7) is 3.19. The number of carbonyl (C=O) groups is 2. The fraction of sp³-hybridized carbons (Fsp3) is 0.370. The van der Waals surface area contributed by atoms with Crippen LogP contribution in [0.25, 0.3) is 5.69 Å². The summed E-state index contributed by atoms with van der Waals surface area (Å²) in [6.07, 6.45) is 2.81. The first kappa shape index (κ1) is 23.9. The van der Waals surface area contributed by atoms with Crippen molar-refractivity contribution in [2.75, 3.05) is 36.6 Å². The molecule has 0 radical (unpaired) electrons. The van der Waals surface area contributed by atoms with E-state index in [-0.39, 0.29) is 18.2 Å². The number of aromatic nitrogens is 2. The van der Waals surface area contributed by atoms with E-state index in [0.29, 0.717) is 35.7 Å². The Balaban J connectivity index is 1.49. The smallest absolute Gasteiger partial charge is 0.359 e. The van der Waals surface area contributed by atoms with Gasteiger partial charge in [-0.25, -0.2) is 9.48 Å². The van der Waals surface area contributed by atoms with Gasteiger partial charge in [-0.3, -0.25) is 4.79 Å². The van der Waals surface area contributed by atoms with E-state index in [1.54, 1.807) is 43.2 Å². The Morgan fingerprint density at radius 2 is 1.72 bits per heavy atom. The van der Waals surface area contributed by atoms with Gasteiger partial charge in [0.15, 0.2) is 5.69 Å². The van der Waals surface area contributed by atoms with Crippen molar-refractivity contribution in [1.82, 2.24) is 9.78 Å². The number of hydrogen-bond donors (Lipinski definition) is 1. The molecule has 3 heterocycles. The molecule has 3 aromatic rings. The van der Waals surface area contributed by atoms with Crippen molar-refractivity contribution in [3.05, 3.63) is 65.5 Å². The molecule has 36 heavy (non-hydrogen) atoms. The van der Waals surface area contributed by atoms with E-state index in [2.05, 4.69) is 5.10 Å². The molecule has 1 N–H and O–H groups in total. The molecule has 1 saturated heterocycles. The van der Waals surface area contributed by atoms with Crippen molar-refractivity contribution in [2.24, 2.45) is 0 Å². The Morgan fingerprint density at radius 1 is 1.03 bits per heavy atom. The Labute approximate surface area is 209 Å². The highest BCUT2D eigenvalue weighted by Gasteiger charge is 2.35. The van der Waals surface area contributed by atoms with Gasteiger partial charge in [-0.05, 0) is 81.1 Å². The number of rotatable bonds is 6. The number of esters is 1. The molecule has 2 aromatic carbocycles. The Hall–Kier alpha value is -3.85. The summed E-state index contributed by atoms with van der Waals surface area (Å²) in [5.74, 6) is -0.0927. The van der Waals surface area contributed by atoms with Crippen LogP contribution in [-0.2, 0) is 11.2 Å². The number of methoxy groups -OCH3 is 1. The number of anilines is 2. The third-order valence-electron chi connectivity index (χ3n) is 6.77. The summed E-state index contributed by atoms with van der Waals surface area (Å²) in [5.41, 5.74) is 3.45. The van der Waals surface area contributed by atoms with Crippen LogP contribution in [-0.4, -0.2) is 59.8 Å². The molecular formula is C27H30N4O5. The molecule has 0 bridgehead atoms. The van der Waals surface area contributed by atoms with Crippen molar-refractivity contribution < 1.29 is 24.2 Å². The third kappa shape index (κ3) is 4.30. The quantitative estimate of drug-likeness (QED) is 0.528. The minimum absolute atomic E-state index is 0.171. The van der Waals surface area contributed by atoms with Gasteiger partial charge in [-0.1, -0.05) is 0 Å². The van der Waals surface area contributed by atoms with E-state index in [4.69, 9.17) is 9.47 Å². The van der Waals surface area contributed by atoms with E-state index in [1.807, 2.05) is 29.2 Å². The molecular weight excluding hydrogens is 460 g/mol. The van der Waals surface area contributed by atoms with Crippen LogP contribution in [0.5, 0.6) is 5.75 Å². The molecule has 1 unspecified atom stereocenters. The molecule has 9 nitrogen and oxygen atoms in total. The molecule has 1 aromatic heterocycles. The average Bonchev–Trinajstić information content (AvgIpc) is 3.30. The van der Waals surface area contributed by atoms with Gasteiger partial charge in [0.05, 0.1) is 19.4 Å². The zero-order valence-corrected chi connectivity index (χ0v) is 20.5. The summed E-state index contributed by atoms with van der Waals surface area (Å²) in [7, 11) is 1.59. The normalized spacial score (nSPS) is 17.6. The largest absolute Gasteiger partial charge is 0.497 e. The molecule has 9 heteroatoms. The number of aliphatic hydroxyl groups is 1. The van der Waals surface area contributed by atoms with Gasteiger partial charge >= 0.3 is 5.97 Å². The van der Waals surface area contributed by atoms with E-state index in [1.165, 1.54) is 4.68 Å². The molecule has 2 aliphatic rings. The minimum atomic E-state index is -0.535. The molecule has 0 spiro atoms. The van der Waals surface area contributed by atoms with Crippen LogP contribution in [0, 0.1) is 0 Å². The molecule has 1 amide bonds. The van der Waals surface area contributed by atoms with E-state index in [0.717, 1.165) is 37.2 Å². The molecule has 1 atom stereocenters. The minimum Gasteiger partial charge on any atom is -0.497 e. The second-order valence-corrected chi connectivity index (χ2v) is 8.90. The van der Waals surface area contributed by atoms with Crippen LogP contribution >= 0.6 is 0 Å². The van der Waals surface area contributed by atoms with Crippen molar-refractivity contribution in [1.29, 1.82) is 0 Å². The number of carbonyl (C=O) groups excluding carboxylic acids is 2. The monoisotopic (exact) mass is 490 g/mol. The second-order valence-electron chi connectivity index (χ2n) is 8.90. The molecule has 0 saturated carbocycles. The highest BCUT2D eigenvalue weighted by molar-refractivity contribution is 6.09. The van der Waals surface area contributed by atoms with E-state index >= 15 is 0 Å². The predicted octanol–water partition coefficient (Wildman–Crippen LogP) is 3.57. The number of benzene rings is 2. The Kier molecular flexibility index (Phi) is 6.65. The number of piperidine rings is 1. The summed E-state index contributed by atoms with van der Waals surface area (Å²) >= 11 is 0. The van der Waals surface area contributed by atoms with E-state index in [9.17, 15) is 14.7 Å². The summed E-state index contributed by atoms with van der Waals surface area (Å²) in [6, 6.07) is 14.9. The van der Waals surface area contributed by atoms with Gasteiger partial charge in [0.25, 0.3) is 5.91 Å². The zero-order chi connectivity index (χ0) is 25.2. The molecule has 188 valence electrons. The van der Waals surface area contributed by atoms with Gasteiger partial charge in [0.2, 0.25) is 0 Å². The standard InChI is InChI=1S/C27H30N4O5/c1-3-36-27(34)24-22-15-17-30(19-9-7-18(8-10-19)29-16-5-4-6-23(29)32)26(33)25(22)31(28-24)20-11-13-21(35-2)14-12-20/h7-14,23,32H,3-6,15-17H2,1-2H3. The van der Waals surface area contributed by atoms with Crippen molar-refractivity contribution in [2.45, 2.75) is 38.8 Å². The third-order valence-corrected chi connectivity index (χ3v) is 6.77. The van der Waals surface area contributed by atoms with Crippen molar-refractivity contribution in [3.8, 4) is 11.4 Å². The molecule has 5 rings (SSSR count). The molecule has 1 fully saturated rings. The Bertz CT molecular complexity index is 1250. The van der Waals surface area contributed by atoms with Crippen molar-refractivity contribution in [3.63, 3.8) is 0 Å². The summed E-state index contributed by atoms with van der Waals surface area (Å²) in [4.78, 5) is 30.2. The van der Waals surface area contributed by atoms with Gasteiger partial charge in [0, 0.05) is 30.0 Å². The summed E-state index contributed by atoms with van der Waals surface area (Å²) in [5, 5.41) is 14.9. The number of nitrogens with zero attached hydrogens (tertiary/aromatic N) is 4. The first-order valence-electron chi connectivity index (χ1n) is 12.3. The number of ether oxygens (including phenoxy) is 2. The SMILES string of the molecule is CCOC(=O)c1nn(-c2ccc(OC)cc2)c2c1CCN(c1ccc(N3CCCCC3O)cc1)C2=O. The van der Waals surface area contributed by atoms with E-state index < -0.39 is 12.2 Å². The van der Waals surface area contributed by atoms with Crippen LogP contribution < -0.4 is 14.5 Å².